The highest BCUT2D eigenvalue weighted by Crippen LogP contribution is 2.14. The van der Waals surface area contributed by atoms with E-state index in [9.17, 15) is 8.42 Å². The number of rotatable bonds is 6. The molecule has 0 spiro atoms. The molecule has 20 heavy (non-hydrogen) atoms. The van der Waals surface area contributed by atoms with Gasteiger partial charge in [-0.15, -0.1) is 11.8 Å². The van der Waals surface area contributed by atoms with Crippen LogP contribution >= 0.6 is 11.8 Å². The Morgan fingerprint density at radius 2 is 1.90 bits per heavy atom. The van der Waals surface area contributed by atoms with E-state index in [2.05, 4.69) is 9.71 Å². The molecule has 0 aliphatic carbocycles. The summed E-state index contributed by atoms with van der Waals surface area (Å²) >= 11 is 1.53. The Balaban J connectivity index is 1.83. The van der Waals surface area contributed by atoms with Crippen molar-refractivity contribution in [3.63, 3.8) is 0 Å². The van der Waals surface area contributed by atoms with Crippen molar-refractivity contribution in [3.8, 4) is 0 Å². The van der Waals surface area contributed by atoms with Crippen LogP contribution in [-0.2, 0) is 10.0 Å². The second kappa shape index (κ2) is 6.88. The van der Waals surface area contributed by atoms with E-state index >= 15 is 0 Å². The molecule has 1 heterocycles. The van der Waals surface area contributed by atoms with Crippen molar-refractivity contribution in [1.82, 2.24) is 9.71 Å². The Hall–Kier alpha value is -1.37. The number of aromatic nitrogens is 1. The van der Waals surface area contributed by atoms with E-state index in [0.717, 1.165) is 10.6 Å². The molecular weight excluding hydrogens is 292 g/mol. The first kappa shape index (κ1) is 15.0. The number of hydrogen-bond acceptors (Lipinski definition) is 4. The molecule has 0 radical (unpaired) electrons. The molecule has 0 unspecified atom stereocenters. The van der Waals surface area contributed by atoms with Crippen molar-refractivity contribution < 1.29 is 8.42 Å². The number of pyridine rings is 1. The fraction of sp³-hybridized carbons (Fsp3) is 0.214. The van der Waals surface area contributed by atoms with Crippen molar-refractivity contribution in [2.75, 3.05) is 12.3 Å². The summed E-state index contributed by atoms with van der Waals surface area (Å²) in [4.78, 5) is 4.55. The zero-order valence-electron chi connectivity index (χ0n) is 11.1. The molecule has 0 aliphatic heterocycles. The fourth-order valence-corrected chi connectivity index (χ4v) is 3.44. The first-order valence-corrected chi connectivity index (χ1v) is 8.65. The normalized spacial score (nSPS) is 11.4. The molecule has 1 aromatic carbocycles. The van der Waals surface area contributed by atoms with E-state index in [1.807, 2.05) is 19.1 Å². The van der Waals surface area contributed by atoms with E-state index in [-0.39, 0.29) is 0 Å². The Labute approximate surface area is 123 Å². The topological polar surface area (TPSA) is 59.1 Å². The summed E-state index contributed by atoms with van der Waals surface area (Å²) in [7, 11) is -3.41. The maximum absolute atomic E-state index is 12.0. The Morgan fingerprint density at radius 3 is 2.55 bits per heavy atom. The summed E-state index contributed by atoms with van der Waals surface area (Å²) in [6, 6.07) is 12.3. The summed E-state index contributed by atoms with van der Waals surface area (Å²) in [6.07, 6.45) is 1.80. The van der Waals surface area contributed by atoms with Gasteiger partial charge in [0.2, 0.25) is 10.0 Å². The number of benzene rings is 1. The molecule has 0 fully saturated rings. The summed E-state index contributed by atoms with van der Waals surface area (Å²) < 4.78 is 26.5. The molecule has 1 N–H and O–H groups in total. The van der Waals surface area contributed by atoms with Crippen LogP contribution in [0.5, 0.6) is 0 Å². The van der Waals surface area contributed by atoms with Gasteiger partial charge in [0.1, 0.15) is 0 Å². The predicted molar refractivity (Wildman–Crippen MR) is 81.3 cm³/mol. The average molecular weight is 308 g/mol. The van der Waals surface area contributed by atoms with Crippen molar-refractivity contribution in [2.24, 2.45) is 0 Å². The third kappa shape index (κ3) is 4.33. The van der Waals surface area contributed by atoms with E-state index in [1.54, 1.807) is 36.5 Å². The van der Waals surface area contributed by atoms with E-state index in [1.165, 1.54) is 11.8 Å². The minimum Gasteiger partial charge on any atom is -0.250 e. The highest BCUT2D eigenvalue weighted by Gasteiger charge is 2.11. The van der Waals surface area contributed by atoms with Crippen LogP contribution in [-0.4, -0.2) is 25.7 Å². The van der Waals surface area contributed by atoms with Gasteiger partial charge in [0.25, 0.3) is 0 Å². The molecular formula is C14H16N2O2S2. The summed E-state index contributed by atoms with van der Waals surface area (Å²) in [5.41, 5.74) is 1.11. The van der Waals surface area contributed by atoms with Crippen molar-refractivity contribution in [3.05, 3.63) is 54.2 Å². The van der Waals surface area contributed by atoms with Crippen LogP contribution in [0.15, 0.2) is 58.6 Å². The van der Waals surface area contributed by atoms with E-state index in [4.69, 9.17) is 0 Å². The average Bonchev–Trinajstić information content (AvgIpc) is 2.46. The molecule has 0 aliphatic rings. The summed E-state index contributed by atoms with van der Waals surface area (Å²) in [5, 5.41) is 0.898. The summed E-state index contributed by atoms with van der Waals surface area (Å²) in [5.74, 6) is 0.641. The number of nitrogens with zero attached hydrogens (tertiary/aromatic N) is 1. The second-order valence-corrected chi connectivity index (χ2v) is 7.12. The Morgan fingerprint density at radius 1 is 1.15 bits per heavy atom. The third-order valence-electron chi connectivity index (χ3n) is 2.58. The van der Waals surface area contributed by atoms with Gasteiger partial charge in [-0.3, -0.25) is 0 Å². The minimum absolute atomic E-state index is 0.290. The van der Waals surface area contributed by atoms with Gasteiger partial charge in [-0.1, -0.05) is 24.3 Å². The molecule has 6 heteroatoms. The molecule has 2 rings (SSSR count). The lowest BCUT2D eigenvalue weighted by Crippen LogP contribution is -2.25. The smallest absolute Gasteiger partial charge is 0.240 e. The first-order chi connectivity index (χ1) is 9.58. The van der Waals surface area contributed by atoms with Gasteiger partial charge in [-0.05, 0) is 30.7 Å². The quantitative estimate of drug-likeness (QED) is 0.658. The van der Waals surface area contributed by atoms with Crippen molar-refractivity contribution >= 4 is 21.8 Å². The highest BCUT2D eigenvalue weighted by molar-refractivity contribution is 7.99. The second-order valence-electron chi connectivity index (χ2n) is 4.23. The molecule has 0 saturated heterocycles. The Kier molecular flexibility index (Phi) is 5.17. The minimum atomic E-state index is -3.41. The lowest BCUT2D eigenvalue weighted by molar-refractivity contribution is 0.584. The monoisotopic (exact) mass is 308 g/mol. The van der Waals surface area contributed by atoms with Gasteiger partial charge in [-0.25, -0.2) is 18.1 Å². The number of nitrogens with one attached hydrogen (secondary N) is 1. The van der Waals surface area contributed by atoms with Crippen molar-refractivity contribution in [2.45, 2.75) is 16.8 Å². The maximum atomic E-state index is 12.0. The molecule has 1 aromatic heterocycles. The number of hydrogen-bond donors (Lipinski definition) is 1. The SMILES string of the molecule is Cc1ccc(SCCNS(=O)(=O)c2ccccc2)nc1. The summed E-state index contributed by atoms with van der Waals surface area (Å²) in [6.45, 7) is 2.35. The molecule has 4 nitrogen and oxygen atoms in total. The first-order valence-electron chi connectivity index (χ1n) is 6.18. The van der Waals surface area contributed by atoms with Gasteiger partial charge in [0.05, 0.1) is 9.92 Å². The van der Waals surface area contributed by atoms with Crippen LogP contribution in [0.4, 0.5) is 0 Å². The van der Waals surface area contributed by atoms with Gasteiger partial charge in [0, 0.05) is 18.5 Å². The zero-order valence-corrected chi connectivity index (χ0v) is 12.7. The van der Waals surface area contributed by atoms with Gasteiger partial charge in [-0.2, -0.15) is 0 Å². The van der Waals surface area contributed by atoms with Gasteiger partial charge >= 0.3 is 0 Å². The van der Waals surface area contributed by atoms with Crippen LogP contribution in [0.25, 0.3) is 0 Å². The molecule has 0 atom stereocenters. The van der Waals surface area contributed by atoms with Gasteiger partial charge in [0.15, 0.2) is 0 Å². The number of aryl methyl sites for hydroxylation is 1. The van der Waals surface area contributed by atoms with Crippen LogP contribution in [0.3, 0.4) is 0 Å². The van der Waals surface area contributed by atoms with E-state index in [0.29, 0.717) is 17.2 Å². The molecule has 0 saturated carbocycles. The van der Waals surface area contributed by atoms with Crippen LogP contribution in [0.1, 0.15) is 5.56 Å². The molecule has 2 aromatic rings. The Bertz CT molecular complexity index is 641. The third-order valence-corrected chi connectivity index (χ3v) is 5.00. The van der Waals surface area contributed by atoms with Crippen LogP contribution in [0, 0.1) is 6.92 Å². The van der Waals surface area contributed by atoms with Gasteiger partial charge < -0.3 is 0 Å². The molecule has 0 amide bonds. The maximum Gasteiger partial charge on any atom is 0.240 e. The van der Waals surface area contributed by atoms with Crippen molar-refractivity contribution in [1.29, 1.82) is 0 Å². The lowest BCUT2D eigenvalue weighted by Gasteiger charge is -2.06. The number of thioether (sulfide) groups is 1. The molecule has 0 bridgehead atoms. The molecule has 106 valence electrons. The largest absolute Gasteiger partial charge is 0.250 e. The van der Waals surface area contributed by atoms with Crippen LogP contribution in [0.2, 0.25) is 0 Å². The predicted octanol–water partition coefficient (Wildman–Crippen LogP) is 2.46. The number of sulfonamides is 1. The lowest BCUT2D eigenvalue weighted by atomic mass is 10.3. The zero-order chi connectivity index (χ0) is 14.4. The van der Waals surface area contributed by atoms with Crippen LogP contribution < -0.4 is 4.72 Å². The standard InChI is InChI=1S/C14H16N2O2S2/c1-12-7-8-14(15-11-12)19-10-9-16-20(17,18)13-5-3-2-4-6-13/h2-8,11,16H,9-10H2,1H3. The van der Waals surface area contributed by atoms with E-state index < -0.39 is 10.0 Å². The fourth-order valence-electron chi connectivity index (χ4n) is 1.55. The highest BCUT2D eigenvalue weighted by atomic mass is 32.2.